The van der Waals surface area contributed by atoms with Crippen LogP contribution in [0.1, 0.15) is 67.6 Å². The molecule has 2 aliphatic heterocycles. The second-order valence-corrected chi connectivity index (χ2v) is 11.9. The van der Waals surface area contributed by atoms with Gasteiger partial charge in [0.1, 0.15) is 5.75 Å². The number of hydrogen-bond acceptors (Lipinski definition) is 5. The highest BCUT2D eigenvalue weighted by atomic mass is 16.5. The van der Waals surface area contributed by atoms with Crippen molar-refractivity contribution in [2.45, 2.75) is 76.2 Å². The molecule has 2 saturated heterocycles. The SMILES string of the molecule is COc1ccc(CN2CC3(CCC(O)C(c4ccccc4COC4CCC5(CC4)CNC5=O)C3)C2=O)cc1. The summed E-state index contributed by atoms with van der Waals surface area (Å²) < 4.78 is 11.6. The average Bonchev–Trinajstić information content (AvgIpc) is 2.96. The highest BCUT2D eigenvalue weighted by molar-refractivity contribution is 5.89. The lowest BCUT2D eigenvalue weighted by Crippen LogP contribution is -2.63. The van der Waals surface area contributed by atoms with Crippen molar-refractivity contribution in [3.63, 3.8) is 0 Å². The molecule has 7 nitrogen and oxygen atoms in total. The second-order valence-electron chi connectivity index (χ2n) is 11.9. The van der Waals surface area contributed by atoms with Gasteiger partial charge in [0.25, 0.3) is 0 Å². The molecule has 202 valence electrons. The van der Waals surface area contributed by atoms with E-state index in [2.05, 4.69) is 17.4 Å². The first-order valence-electron chi connectivity index (χ1n) is 14.0. The molecule has 2 aromatic carbocycles. The summed E-state index contributed by atoms with van der Waals surface area (Å²) in [5.74, 6) is 1.14. The van der Waals surface area contributed by atoms with Gasteiger partial charge in [0.2, 0.25) is 11.8 Å². The number of hydrogen-bond donors (Lipinski definition) is 2. The van der Waals surface area contributed by atoms with E-state index in [1.165, 1.54) is 0 Å². The van der Waals surface area contributed by atoms with Crippen molar-refractivity contribution in [2.75, 3.05) is 20.2 Å². The summed E-state index contributed by atoms with van der Waals surface area (Å²) in [5.41, 5.74) is 2.76. The van der Waals surface area contributed by atoms with Gasteiger partial charge in [-0.2, -0.15) is 0 Å². The van der Waals surface area contributed by atoms with E-state index < -0.39 is 6.10 Å². The van der Waals surface area contributed by atoms with Gasteiger partial charge in [0, 0.05) is 25.6 Å². The number of aliphatic hydroxyl groups is 1. The van der Waals surface area contributed by atoms with E-state index in [0.717, 1.165) is 67.6 Å². The lowest BCUT2D eigenvalue weighted by molar-refractivity contribution is -0.168. The number of rotatable bonds is 7. The Balaban J connectivity index is 1.09. The molecule has 2 aromatic rings. The van der Waals surface area contributed by atoms with Crippen molar-refractivity contribution in [2.24, 2.45) is 10.8 Å². The molecule has 7 heteroatoms. The smallest absolute Gasteiger partial charge is 0.230 e. The van der Waals surface area contributed by atoms with Crippen molar-refractivity contribution in [3.05, 3.63) is 65.2 Å². The molecule has 0 radical (unpaired) electrons. The maximum atomic E-state index is 13.4. The number of amides is 2. The van der Waals surface area contributed by atoms with Gasteiger partial charge in [0.15, 0.2) is 0 Å². The predicted molar refractivity (Wildman–Crippen MR) is 142 cm³/mol. The van der Waals surface area contributed by atoms with Crippen LogP contribution in [-0.4, -0.2) is 54.2 Å². The Labute approximate surface area is 224 Å². The van der Waals surface area contributed by atoms with Crippen LogP contribution in [-0.2, 0) is 27.5 Å². The lowest BCUT2D eigenvalue weighted by Gasteiger charge is -2.53. The molecule has 3 unspecified atom stereocenters. The number of nitrogens with one attached hydrogen (secondary N) is 1. The zero-order chi connectivity index (χ0) is 26.3. The molecule has 2 amide bonds. The van der Waals surface area contributed by atoms with Gasteiger partial charge in [0.05, 0.1) is 36.8 Å². The highest BCUT2D eigenvalue weighted by Crippen LogP contribution is 2.51. The van der Waals surface area contributed by atoms with Crippen LogP contribution < -0.4 is 10.1 Å². The largest absolute Gasteiger partial charge is 0.497 e. The lowest BCUT2D eigenvalue weighted by atomic mass is 9.61. The first kappa shape index (κ1) is 25.4. The number of carbonyl (C=O) groups excluding carboxylic acids is 2. The molecule has 2 N–H and O–H groups in total. The summed E-state index contributed by atoms with van der Waals surface area (Å²) in [4.78, 5) is 27.4. The van der Waals surface area contributed by atoms with Crippen LogP contribution in [0.3, 0.4) is 0 Å². The number of carbonyl (C=O) groups is 2. The Morgan fingerprint density at radius 2 is 1.74 bits per heavy atom. The van der Waals surface area contributed by atoms with Gasteiger partial charge in [-0.05, 0) is 73.8 Å². The monoisotopic (exact) mass is 518 g/mol. The summed E-state index contributed by atoms with van der Waals surface area (Å²) >= 11 is 0. The van der Waals surface area contributed by atoms with E-state index in [9.17, 15) is 14.7 Å². The van der Waals surface area contributed by atoms with Gasteiger partial charge >= 0.3 is 0 Å². The van der Waals surface area contributed by atoms with E-state index >= 15 is 0 Å². The molecule has 2 spiro atoms. The van der Waals surface area contributed by atoms with E-state index in [-0.39, 0.29) is 34.7 Å². The minimum Gasteiger partial charge on any atom is -0.497 e. The third kappa shape index (κ3) is 4.50. The molecule has 4 aliphatic rings. The van der Waals surface area contributed by atoms with E-state index in [0.29, 0.717) is 26.0 Å². The summed E-state index contributed by atoms with van der Waals surface area (Å²) in [6.07, 6.45) is 5.33. The minimum absolute atomic E-state index is 0.0797. The molecule has 2 aliphatic carbocycles. The molecular formula is C31H38N2O5. The fourth-order valence-electron chi connectivity index (χ4n) is 7.13. The van der Waals surface area contributed by atoms with Gasteiger partial charge in [-0.25, -0.2) is 0 Å². The molecule has 0 aromatic heterocycles. The molecule has 4 fully saturated rings. The fourth-order valence-corrected chi connectivity index (χ4v) is 7.13. The van der Waals surface area contributed by atoms with Crippen LogP contribution in [0.15, 0.2) is 48.5 Å². The van der Waals surface area contributed by atoms with E-state index in [4.69, 9.17) is 9.47 Å². The first-order chi connectivity index (χ1) is 18.4. The van der Waals surface area contributed by atoms with E-state index in [1.54, 1.807) is 7.11 Å². The zero-order valence-electron chi connectivity index (χ0n) is 22.2. The zero-order valence-corrected chi connectivity index (χ0v) is 22.2. The van der Waals surface area contributed by atoms with Crippen LogP contribution in [0.4, 0.5) is 0 Å². The highest BCUT2D eigenvalue weighted by Gasteiger charge is 2.55. The van der Waals surface area contributed by atoms with Gasteiger partial charge in [-0.15, -0.1) is 0 Å². The molecule has 3 atom stereocenters. The Hall–Kier alpha value is -2.90. The number of likely N-dealkylation sites (tertiary alicyclic amines) is 1. The van der Waals surface area contributed by atoms with Crippen molar-refractivity contribution in [3.8, 4) is 5.75 Å². The number of ether oxygens (including phenoxy) is 2. The second kappa shape index (κ2) is 10.0. The molecule has 38 heavy (non-hydrogen) atoms. The predicted octanol–water partition coefficient (Wildman–Crippen LogP) is 3.93. The Kier molecular flexibility index (Phi) is 6.68. The average molecular weight is 519 g/mol. The van der Waals surface area contributed by atoms with Crippen LogP contribution >= 0.6 is 0 Å². The molecule has 6 rings (SSSR count). The van der Waals surface area contributed by atoms with E-state index in [1.807, 2.05) is 41.3 Å². The van der Waals surface area contributed by atoms with Crippen LogP contribution in [0.2, 0.25) is 0 Å². The fraction of sp³-hybridized carbons (Fsp3) is 0.548. The molecular weight excluding hydrogens is 480 g/mol. The van der Waals surface area contributed by atoms with Crippen LogP contribution in [0.5, 0.6) is 5.75 Å². The normalized spacial score (nSPS) is 32.6. The number of methoxy groups -OCH3 is 1. The van der Waals surface area contributed by atoms with Crippen LogP contribution in [0, 0.1) is 10.8 Å². The summed E-state index contributed by atoms with van der Waals surface area (Å²) in [6, 6.07) is 16.1. The van der Waals surface area contributed by atoms with Crippen molar-refractivity contribution < 1.29 is 24.2 Å². The Morgan fingerprint density at radius 3 is 2.39 bits per heavy atom. The maximum Gasteiger partial charge on any atom is 0.230 e. The van der Waals surface area contributed by atoms with Crippen molar-refractivity contribution in [1.82, 2.24) is 10.2 Å². The van der Waals surface area contributed by atoms with Gasteiger partial charge < -0.3 is 24.8 Å². The number of nitrogens with zero attached hydrogens (tertiary/aromatic N) is 1. The Morgan fingerprint density at radius 1 is 1.00 bits per heavy atom. The Bertz CT molecular complexity index is 1190. The number of β-lactam (4-membered cyclic amide) rings is 2. The molecule has 2 saturated carbocycles. The third-order valence-electron chi connectivity index (χ3n) is 9.65. The van der Waals surface area contributed by atoms with Gasteiger partial charge in [-0.3, -0.25) is 9.59 Å². The van der Waals surface area contributed by atoms with Gasteiger partial charge in [-0.1, -0.05) is 36.4 Å². The summed E-state index contributed by atoms with van der Waals surface area (Å²) in [5, 5.41) is 13.9. The van der Waals surface area contributed by atoms with Crippen molar-refractivity contribution >= 4 is 11.8 Å². The summed E-state index contributed by atoms with van der Waals surface area (Å²) in [7, 11) is 1.65. The topological polar surface area (TPSA) is 88.1 Å². The molecule has 0 bridgehead atoms. The molecule has 2 heterocycles. The van der Waals surface area contributed by atoms with Crippen molar-refractivity contribution in [1.29, 1.82) is 0 Å². The summed E-state index contributed by atoms with van der Waals surface area (Å²) in [6.45, 7) is 2.64. The first-order valence-corrected chi connectivity index (χ1v) is 14.0. The third-order valence-corrected chi connectivity index (χ3v) is 9.65. The number of benzene rings is 2. The quantitative estimate of drug-likeness (QED) is 0.543. The standard InChI is InChI=1S/C31H38N2O5/c1-37-23-8-6-21(7-9-23)17-33-20-31(29(33)36)15-12-27(34)26(16-31)25-5-3-2-4-22(25)18-38-24-10-13-30(14-11-24)19-32-28(30)35/h2-9,24,26-27,34H,10-20H2,1H3,(H,32,35). The minimum atomic E-state index is -0.461. The van der Waals surface area contributed by atoms with Crippen LogP contribution in [0.25, 0.3) is 0 Å². The maximum absolute atomic E-state index is 13.4. The number of aliphatic hydroxyl groups excluding tert-OH is 1.